The van der Waals surface area contributed by atoms with Gasteiger partial charge in [-0.15, -0.1) is 0 Å². The maximum absolute atomic E-state index is 5.43. The van der Waals surface area contributed by atoms with Crippen LogP contribution in [0.5, 0.6) is 5.75 Å². The second-order valence-electron chi connectivity index (χ2n) is 10.5. The van der Waals surface area contributed by atoms with Crippen molar-refractivity contribution in [2.24, 2.45) is 0 Å². The molecule has 1 saturated carbocycles. The predicted molar refractivity (Wildman–Crippen MR) is 157 cm³/mol. The summed E-state index contributed by atoms with van der Waals surface area (Å²) >= 11 is 0. The van der Waals surface area contributed by atoms with E-state index in [0.717, 1.165) is 31.9 Å². The fourth-order valence-electron chi connectivity index (χ4n) is 5.94. The third-order valence-corrected chi connectivity index (χ3v) is 7.86. The molecule has 3 nitrogen and oxygen atoms in total. The van der Waals surface area contributed by atoms with Crippen molar-refractivity contribution in [3.8, 4) is 5.75 Å². The summed E-state index contributed by atoms with van der Waals surface area (Å²) < 4.78 is 5.43. The van der Waals surface area contributed by atoms with Crippen LogP contribution < -0.4 is 4.74 Å². The highest BCUT2D eigenvalue weighted by atomic mass is 16.5. The number of benzene rings is 4. The zero-order chi connectivity index (χ0) is 26.0. The average Bonchev–Trinajstić information content (AvgIpc) is 2.98. The van der Waals surface area contributed by atoms with Crippen molar-refractivity contribution in [1.82, 2.24) is 9.80 Å². The number of hydrogen-bond donors (Lipinski definition) is 0. The summed E-state index contributed by atoms with van der Waals surface area (Å²) in [6.07, 6.45) is 5.05. The van der Waals surface area contributed by atoms with Crippen LogP contribution >= 0.6 is 0 Å². The lowest BCUT2D eigenvalue weighted by Crippen LogP contribution is -2.52. The Morgan fingerprint density at radius 2 is 0.842 bits per heavy atom. The Bertz CT molecular complexity index is 1170. The molecule has 1 fully saturated rings. The Morgan fingerprint density at radius 3 is 1.18 bits per heavy atom. The molecule has 5 rings (SSSR count). The van der Waals surface area contributed by atoms with Crippen molar-refractivity contribution >= 4 is 0 Å². The van der Waals surface area contributed by atoms with E-state index in [9.17, 15) is 0 Å². The van der Waals surface area contributed by atoms with Crippen LogP contribution in [0.2, 0.25) is 0 Å². The first-order valence-electron chi connectivity index (χ1n) is 14.0. The maximum atomic E-state index is 5.43. The molecule has 4 aromatic carbocycles. The highest BCUT2D eigenvalue weighted by Gasteiger charge is 2.34. The Hall–Kier alpha value is -3.40. The van der Waals surface area contributed by atoms with Gasteiger partial charge in [-0.1, -0.05) is 116 Å². The fourth-order valence-corrected chi connectivity index (χ4v) is 5.94. The molecule has 0 N–H and O–H groups in total. The molecule has 0 heterocycles. The van der Waals surface area contributed by atoms with Crippen molar-refractivity contribution < 1.29 is 4.74 Å². The van der Waals surface area contributed by atoms with E-state index in [0.29, 0.717) is 12.1 Å². The van der Waals surface area contributed by atoms with E-state index in [-0.39, 0.29) is 0 Å². The highest BCUT2D eigenvalue weighted by molar-refractivity contribution is 5.27. The summed E-state index contributed by atoms with van der Waals surface area (Å²) in [4.78, 5) is 5.49. The van der Waals surface area contributed by atoms with Crippen molar-refractivity contribution in [3.05, 3.63) is 138 Å². The normalized spacial score (nSPS) is 17.6. The minimum Gasteiger partial charge on any atom is -0.497 e. The van der Waals surface area contributed by atoms with Crippen LogP contribution in [0.3, 0.4) is 0 Å². The molecule has 38 heavy (non-hydrogen) atoms. The van der Waals surface area contributed by atoms with E-state index in [2.05, 4.69) is 125 Å². The number of ether oxygens (including phenoxy) is 1. The van der Waals surface area contributed by atoms with Crippen LogP contribution in [0.25, 0.3) is 0 Å². The molecular formula is C35H40N2O. The molecule has 0 amide bonds. The molecule has 0 radical (unpaired) electrons. The van der Waals surface area contributed by atoms with Gasteiger partial charge in [-0.2, -0.15) is 0 Å². The summed E-state index contributed by atoms with van der Waals surface area (Å²) in [5.41, 5.74) is 5.49. The van der Waals surface area contributed by atoms with Crippen LogP contribution in [0.4, 0.5) is 0 Å². The lowest BCUT2D eigenvalue weighted by atomic mass is 9.86. The third kappa shape index (κ3) is 7.12. The van der Waals surface area contributed by atoms with Crippen LogP contribution in [0, 0.1) is 0 Å². The van der Waals surface area contributed by atoms with Gasteiger partial charge in [0.25, 0.3) is 0 Å². The van der Waals surface area contributed by atoms with Crippen LogP contribution in [-0.4, -0.2) is 29.0 Å². The molecule has 0 aromatic heterocycles. The average molecular weight is 505 g/mol. The van der Waals surface area contributed by atoms with Gasteiger partial charge >= 0.3 is 0 Å². The Balaban J connectivity index is 1.45. The Labute approximate surface area is 228 Å². The number of methoxy groups -OCH3 is 1. The maximum Gasteiger partial charge on any atom is 0.118 e. The largest absolute Gasteiger partial charge is 0.497 e. The van der Waals surface area contributed by atoms with Crippen molar-refractivity contribution in [2.75, 3.05) is 7.11 Å². The van der Waals surface area contributed by atoms with Crippen molar-refractivity contribution in [1.29, 1.82) is 0 Å². The number of rotatable bonds is 11. The van der Waals surface area contributed by atoms with Crippen LogP contribution in [-0.2, 0) is 26.2 Å². The molecule has 0 bridgehead atoms. The summed E-state index contributed by atoms with van der Waals surface area (Å²) in [7, 11) is 1.73. The molecule has 0 unspecified atom stereocenters. The summed E-state index contributed by atoms with van der Waals surface area (Å²) in [6.45, 7) is 3.83. The first-order valence-corrected chi connectivity index (χ1v) is 14.0. The van der Waals surface area contributed by atoms with E-state index >= 15 is 0 Å². The number of nitrogens with zero attached hydrogens (tertiary/aromatic N) is 2. The Kier molecular flexibility index (Phi) is 9.25. The first kappa shape index (κ1) is 26.2. The second-order valence-corrected chi connectivity index (χ2v) is 10.5. The van der Waals surface area contributed by atoms with Gasteiger partial charge in [0, 0.05) is 38.3 Å². The van der Waals surface area contributed by atoms with E-state index in [1.165, 1.54) is 47.9 Å². The zero-order valence-electron chi connectivity index (χ0n) is 22.6. The molecule has 1 aliphatic rings. The van der Waals surface area contributed by atoms with E-state index in [1.807, 2.05) is 0 Å². The van der Waals surface area contributed by atoms with Gasteiger partial charge in [0.1, 0.15) is 5.75 Å². The van der Waals surface area contributed by atoms with E-state index in [1.54, 1.807) is 7.11 Å². The molecule has 0 saturated heterocycles. The standard InChI is InChI=1S/C35H40N2O/c1-38-33-23-21-32(22-24-33)28-37(27-31-17-9-4-10-18-31)35-20-12-11-19-34(35)36(25-29-13-5-2-6-14-29)26-30-15-7-3-8-16-30/h2-10,13-18,21-24,34-35H,11-12,19-20,25-28H2,1H3/t34-,35-/m1/s1. The third-order valence-electron chi connectivity index (χ3n) is 7.86. The van der Waals surface area contributed by atoms with E-state index in [4.69, 9.17) is 4.74 Å². The molecule has 0 aliphatic heterocycles. The van der Waals surface area contributed by atoms with Gasteiger partial charge in [-0.3, -0.25) is 9.80 Å². The Morgan fingerprint density at radius 1 is 0.500 bits per heavy atom. The van der Waals surface area contributed by atoms with Gasteiger partial charge in [0.15, 0.2) is 0 Å². The van der Waals surface area contributed by atoms with Gasteiger partial charge < -0.3 is 4.74 Å². The molecule has 0 spiro atoms. The highest BCUT2D eigenvalue weighted by Crippen LogP contribution is 2.32. The minimum atomic E-state index is 0.485. The second kappa shape index (κ2) is 13.4. The van der Waals surface area contributed by atoms with Crippen LogP contribution in [0.15, 0.2) is 115 Å². The zero-order valence-corrected chi connectivity index (χ0v) is 22.6. The summed E-state index contributed by atoms with van der Waals surface area (Å²) in [6, 6.07) is 42.6. The molecular weight excluding hydrogens is 464 g/mol. The van der Waals surface area contributed by atoms with Gasteiger partial charge in [-0.05, 0) is 47.2 Å². The molecule has 196 valence electrons. The molecule has 4 aromatic rings. The van der Waals surface area contributed by atoms with Crippen molar-refractivity contribution in [2.45, 2.75) is 63.9 Å². The number of hydrogen-bond acceptors (Lipinski definition) is 3. The van der Waals surface area contributed by atoms with Crippen molar-refractivity contribution in [3.63, 3.8) is 0 Å². The van der Waals surface area contributed by atoms with Crippen LogP contribution in [0.1, 0.15) is 47.9 Å². The van der Waals surface area contributed by atoms with Gasteiger partial charge in [0.05, 0.1) is 7.11 Å². The topological polar surface area (TPSA) is 15.7 Å². The SMILES string of the molecule is COc1ccc(CN(Cc2ccccc2)[C@@H]2CCCC[C@H]2N(Cc2ccccc2)Cc2ccccc2)cc1. The lowest BCUT2D eigenvalue weighted by Gasteiger charge is -2.45. The molecule has 1 aliphatic carbocycles. The van der Waals surface area contributed by atoms with Gasteiger partial charge in [-0.25, -0.2) is 0 Å². The predicted octanol–water partition coefficient (Wildman–Crippen LogP) is 7.71. The molecule has 2 atom stereocenters. The lowest BCUT2D eigenvalue weighted by molar-refractivity contribution is 0.0296. The summed E-state index contributed by atoms with van der Waals surface area (Å²) in [5, 5.41) is 0. The smallest absolute Gasteiger partial charge is 0.118 e. The first-order chi connectivity index (χ1) is 18.8. The fraction of sp³-hybridized carbons (Fsp3) is 0.314. The molecule has 3 heteroatoms. The quantitative estimate of drug-likeness (QED) is 0.208. The monoisotopic (exact) mass is 504 g/mol. The van der Waals surface area contributed by atoms with Gasteiger partial charge in [0.2, 0.25) is 0 Å². The summed E-state index contributed by atoms with van der Waals surface area (Å²) in [5.74, 6) is 0.913. The van der Waals surface area contributed by atoms with E-state index < -0.39 is 0 Å². The minimum absolute atomic E-state index is 0.485.